The number of carbonyl (C=O) groups is 1. The van der Waals surface area contributed by atoms with Crippen molar-refractivity contribution < 1.29 is 14.6 Å². The summed E-state index contributed by atoms with van der Waals surface area (Å²) >= 11 is 0. The quantitative estimate of drug-likeness (QED) is 0.515. The van der Waals surface area contributed by atoms with E-state index in [2.05, 4.69) is 5.32 Å². The number of rotatable bonds is 6. The fourth-order valence-electron chi connectivity index (χ4n) is 1.48. The molecule has 1 atom stereocenters. The molecule has 0 saturated heterocycles. The Balaban J connectivity index is 2.03. The van der Waals surface area contributed by atoms with Crippen molar-refractivity contribution in [3.8, 4) is 0 Å². The Morgan fingerprint density at radius 3 is 2.86 bits per heavy atom. The van der Waals surface area contributed by atoms with Gasteiger partial charge < -0.3 is 20.9 Å². The number of aliphatic hydroxyl groups is 1. The highest BCUT2D eigenvalue weighted by Crippen LogP contribution is 2.22. The zero-order chi connectivity index (χ0) is 10.6. The lowest BCUT2D eigenvalue weighted by Gasteiger charge is -2.35. The lowest BCUT2D eigenvalue weighted by molar-refractivity contribution is -0.126. The minimum absolute atomic E-state index is 0.235. The number of hydrogen-bond acceptors (Lipinski definition) is 4. The van der Waals surface area contributed by atoms with Crippen LogP contribution in [0.4, 0.5) is 0 Å². The number of carbonyl (C=O) groups excluding carboxylic acids is 1. The second-order valence-electron chi connectivity index (χ2n) is 3.57. The van der Waals surface area contributed by atoms with Crippen LogP contribution in [0.2, 0.25) is 0 Å². The summed E-state index contributed by atoms with van der Waals surface area (Å²) in [4.78, 5) is 10.5. The van der Waals surface area contributed by atoms with Crippen LogP contribution in [0.15, 0.2) is 0 Å². The highest BCUT2D eigenvalue weighted by Gasteiger charge is 2.29. The van der Waals surface area contributed by atoms with Crippen LogP contribution in [-0.4, -0.2) is 42.4 Å². The molecule has 5 nitrogen and oxygen atoms in total. The number of ether oxygens (including phenoxy) is 1. The van der Waals surface area contributed by atoms with Gasteiger partial charge in [0, 0.05) is 19.2 Å². The molecule has 0 radical (unpaired) electrons. The average molecular weight is 202 g/mol. The first kappa shape index (κ1) is 11.4. The van der Waals surface area contributed by atoms with Crippen molar-refractivity contribution in [2.45, 2.75) is 38.0 Å². The molecule has 0 bridgehead atoms. The van der Waals surface area contributed by atoms with Gasteiger partial charge in [-0.15, -0.1) is 0 Å². The normalized spacial score (nSPS) is 28.1. The molecule has 1 aliphatic carbocycles. The van der Waals surface area contributed by atoms with Gasteiger partial charge in [-0.1, -0.05) is 0 Å². The number of hydrogen-bond donors (Lipinski definition) is 3. The van der Waals surface area contributed by atoms with E-state index < -0.39 is 12.0 Å². The molecular weight excluding hydrogens is 184 g/mol. The summed E-state index contributed by atoms with van der Waals surface area (Å²) in [5.41, 5.74) is 4.90. The van der Waals surface area contributed by atoms with Gasteiger partial charge in [0.1, 0.15) is 6.10 Å². The summed E-state index contributed by atoms with van der Waals surface area (Å²) in [5, 5.41) is 12.2. The molecule has 1 fully saturated rings. The summed E-state index contributed by atoms with van der Waals surface area (Å²) in [6.45, 7) is 2.94. The number of nitrogens with two attached hydrogens (primary N) is 1. The SMILES string of the molecule is CCOC1CC(NCC(O)C(N)=O)C1. The smallest absolute Gasteiger partial charge is 0.247 e. The van der Waals surface area contributed by atoms with Gasteiger partial charge in [0.25, 0.3) is 0 Å². The van der Waals surface area contributed by atoms with Gasteiger partial charge in [0.05, 0.1) is 6.10 Å². The van der Waals surface area contributed by atoms with Crippen LogP contribution in [-0.2, 0) is 9.53 Å². The Morgan fingerprint density at radius 2 is 2.36 bits per heavy atom. The summed E-state index contributed by atoms with van der Waals surface area (Å²) in [7, 11) is 0. The van der Waals surface area contributed by atoms with Crippen LogP contribution in [0, 0.1) is 0 Å². The third kappa shape index (κ3) is 3.25. The third-order valence-electron chi connectivity index (χ3n) is 2.43. The first-order valence-corrected chi connectivity index (χ1v) is 4.95. The van der Waals surface area contributed by atoms with Crippen LogP contribution in [0.25, 0.3) is 0 Å². The van der Waals surface area contributed by atoms with E-state index in [0.717, 1.165) is 19.4 Å². The molecule has 5 heteroatoms. The number of amides is 1. The van der Waals surface area contributed by atoms with Crippen molar-refractivity contribution in [2.24, 2.45) is 5.73 Å². The molecule has 0 aromatic heterocycles. The van der Waals surface area contributed by atoms with E-state index in [0.29, 0.717) is 12.1 Å². The molecule has 0 aromatic carbocycles. The van der Waals surface area contributed by atoms with Gasteiger partial charge in [-0.05, 0) is 19.8 Å². The maximum absolute atomic E-state index is 10.5. The molecular formula is C9H18N2O3. The molecule has 4 N–H and O–H groups in total. The van der Waals surface area contributed by atoms with E-state index in [1.807, 2.05) is 6.92 Å². The Morgan fingerprint density at radius 1 is 1.71 bits per heavy atom. The predicted molar refractivity (Wildman–Crippen MR) is 51.6 cm³/mol. The average Bonchev–Trinajstić information content (AvgIpc) is 2.08. The van der Waals surface area contributed by atoms with Gasteiger partial charge in [0.15, 0.2) is 0 Å². The Labute approximate surface area is 83.6 Å². The molecule has 1 aliphatic rings. The van der Waals surface area contributed by atoms with Gasteiger partial charge >= 0.3 is 0 Å². The van der Waals surface area contributed by atoms with E-state index >= 15 is 0 Å². The molecule has 1 amide bonds. The highest BCUT2D eigenvalue weighted by atomic mass is 16.5. The summed E-state index contributed by atoms with van der Waals surface area (Å²) in [5.74, 6) is -0.682. The molecule has 0 heterocycles. The van der Waals surface area contributed by atoms with Crippen molar-refractivity contribution >= 4 is 5.91 Å². The van der Waals surface area contributed by atoms with Gasteiger partial charge in [-0.3, -0.25) is 4.79 Å². The highest BCUT2D eigenvalue weighted by molar-refractivity contribution is 5.78. The van der Waals surface area contributed by atoms with Crippen LogP contribution in [0.3, 0.4) is 0 Å². The van der Waals surface area contributed by atoms with E-state index in [1.165, 1.54) is 0 Å². The zero-order valence-corrected chi connectivity index (χ0v) is 8.40. The second-order valence-corrected chi connectivity index (χ2v) is 3.57. The fraction of sp³-hybridized carbons (Fsp3) is 0.889. The van der Waals surface area contributed by atoms with E-state index in [4.69, 9.17) is 15.6 Å². The van der Waals surface area contributed by atoms with Crippen molar-refractivity contribution in [1.82, 2.24) is 5.32 Å². The number of nitrogens with one attached hydrogen (secondary N) is 1. The lowest BCUT2D eigenvalue weighted by atomic mass is 9.89. The van der Waals surface area contributed by atoms with Crippen LogP contribution in [0.1, 0.15) is 19.8 Å². The molecule has 1 rings (SSSR count). The van der Waals surface area contributed by atoms with Gasteiger partial charge in [0.2, 0.25) is 5.91 Å². The van der Waals surface area contributed by atoms with E-state index in [9.17, 15) is 4.79 Å². The number of primary amides is 1. The minimum Gasteiger partial charge on any atom is -0.382 e. The van der Waals surface area contributed by atoms with Crippen molar-refractivity contribution in [2.75, 3.05) is 13.2 Å². The van der Waals surface area contributed by atoms with Gasteiger partial charge in [-0.2, -0.15) is 0 Å². The lowest BCUT2D eigenvalue weighted by Crippen LogP contribution is -2.49. The molecule has 1 saturated carbocycles. The summed E-state index contributed by atoms with van der Waals surface area (Å²) < 4.78 is 5.37. The molecule has 0 aromatic rings. The van der Waals surface area contributed by atoms with E-state index in [1.54, 1.807) is 0 Å². The Bertz CT molecular complexity index is 192. The van der Waals surface area contributed by atoms with Crippen molar-refractivity contribution in [3.05, 3.63) is 0 Å². The van der Waals surface area contributed by atoms with Crippen molar-refractivity contribution in [3.63, 3.8) is 0 Å². The molecule has 82 valence electrons. The molecule has 14 heavy (non-hydrogen) atoms. The second kappa shape index (κ2) is 5.29. The van der Waals surface area contributed by atoms with Crippen LogP contribution >= 0.6 is 0 Å². The largest absolute Gasteiger partial charge is 0.382 e. The topological polar surface area (TPSA) is 84.6 Å². The summed E-state index contributed by atoms with van der Waals surface area (Å²) in [6, 6.07) is 0.348. The minimum atomic E-state index is -1.08. The predicted octanol–water partition coefficient (Wildman–Crippen LogP) is -1.01. The van der Waals surface area contributed by atoms with Crippen molar-refractivity contribution in [1.29, 1.82) is 0 Å². The number of aliphatic hydroxyl groups excluding tert-OH is 1. The maximum Gasteiger partial charge on any atom is 0.247 e. The third-order valence-corrected chi connectivity index (χ3v) is 2.43. The van der Waals surface area contributed by atoms with Crippen LogP contribution in [0.5, 0.6) is 0 Å². The first-order chi connectivity index (χ1) is 6.63. The van der Waals surface area contributed by atoms with E-state index in [-0.39, 0.29) is 6.54 Å². The summed E-state index contributed by atoms with van der Waals surface area (Å²) in [6.07, 6.45) is 1.14. The Hall–Kier alpha value is -0.650. The fourth-order valence-corrected chi connectivity index (χ4v) is 1.48. The van der Waals surface area contributed by atoms with Crippen LogP contribution < -0.4 is 11.1 Å². The Kier molecular flexibility index (Phi) is 4.31. The van der Waals surface area contributed by atoms with Gasteiger partial charge in [-0.25, -0.2) is 0 Å². The maximum atomic E-state index is 10.5. The molecule has 1 unspecified atom stereocenters. The first-order valence-electron chi connectivity index (χ1n) is 4.95. The standard InChI is InChI=1S/C9H18N2O3/c1-2-14-7-3-6(4-7)11-5-8(12)9(10)13/h6-8,11-12H,2-5H2,1H3,(H2,10,13). The molecule has 0 spiro atoms. The zero-order valence-electron chi connectivity index (χ0n) is 8.40. The monoisotopic (exact) mass is 202 g/mol. The molecule has 0 aliphatic heterocycles.